The maximum atomic E-state index is 13.6. The van der Waals surface area contributed by atoms with E-state index in [9.17, 15) is 14.4 Å². The summed E-state index contributed by atoms with van der Waals surface area (Å²) in [5, 5.41) is 6.24. The number of amides is 2. The van der Waals surface area contributed by atoms with Gasteiger partial charge in [-0.15, -0.1) is 11.3 Å². The maximum absolute atomic E-state index is 13.6. The van der Waals surface area contributed by atoms with Gasteiger partial charge in [-0.25, -0.2) is 9.78 Å². The summed E-state index contributed by atoms with van der Waals surface area (Å²) in [7, 11) is 0. The molecule has 2 amide bonds. The standard InChI is InChI=1S/C32H33N3O4S/c36-29(31-35-26-17-6-7-19-28(26)40-31)27(34-30(37)25-16-10-14-23-13-4-5-15-24(23)25)18-8-9-20-33-32(38)39-21-22-11-2-1-3-12-22/h1-7,11-13,15,17,19,25,27H,8-10,14,16,18,20-21H2,(H,33,38)(H,34,37). The Morgan fingerprint density at radius 3 is 2.58 bits per heavy atom. The molecule has 0 saturated carbocycles. The van der Waals surface area contributed by atoms with E-state index < -0.39 is 12.1 Å². The van der Waals surface area contributed by atoms with Crippen molar-refractivity contribution in [2.75, 3.05) is 6.54 Å². The third-order valence-electron chi connectivity index (χ3n) is 7.23. The predicted molar refractivity (Wildman–Crippen MR) is 156 cm³/mol. The van der Waals surface area contributed by atoms with Crippen molar-refractivity contribution in [1.82, 2.24) is 15.6 Å². The average Bonchev–Trinajstić information content (AvgIpc) is 3.43. The van der Waals surface area contributed by atoms with E-state index in [0.717, 1.165) is 40.6 Å². The van der Waals surface area contributed by atoms with Crippen molar-refractivity contribution in [2.45, 2.75) is 57.1 Å². The molecule has 1 aromatic heterocycles. The fourth-order valence-electron chi connectivity index (χ4n) is 5.13. The zero-order chi connectivity index (χ0) is 27.7. The summed E-state index contributed by atoms with van der Waals surface area (Å²) in [4.78, 5) is 43.7. The minimum atomic E-state index is -0.688. The number of Topliss-reactive ketones (excluding diaryl/α,β-unsaturated/α-hetero) is 1. The number of carbonyl (C=O) groups excluding carboxylic acids is 3. The molecule has 40 heavy (non-hydrogen) atoms. The van der Waals surface area contributed by atoms with Gasteiger partial charge in [-0.2, -0.15) is 0 Å². The Kier molecular flexibility index (Phi) is 9.18. The highest BCUT2D eigenvalue weighted by Gasteiger charge is 2.31. The molecule has 206 valence electrons. The van der Waals surface area contributed by atoms with Crippen molar-refractivity contribution in [2.24, 2.45) is 0 Å². The van der Waals surface area contributed by atoms with Crippen molar-refractivity contribution in [3.8, 4) is 0 Å². The highest BCUT2D eigenvalue weighted by atomic mass is 32.1. The second-order valence-corrected chi connectivity index (χ2v) is 11.1. The summed E-state index contributed by atoms with van der Waals surface area (Å²) in [6.45, 7) is 0.626. The van der Waals surface area contributed by atoms with Crippen molar-refractivity contribution in [3.05, 3.63) is 101 Å². The van der Waals surface area contributed by atoms with Crippen molar-refractivity contribution < 1.29 is 19.1 Å². The van der Waals surface area contributed by atoms with Gasteiger partial charge in [0.15, 0.2) is 5.01 Å². The van der Waals surface area contributed by atoms with Crippen molar-refractivity contribution in [1.29, 1.82) is 0 Å². The summed E-state index contributed by atoms with van der Waals surface area (Å²) in [6.07, 6.45) is 3.94. The van der Waals surface area contributed by atoms with Gasteiger partial charge in [-0.3, -0.25) is 9.59 Å². The zero-order valence-corrected chi connectivity index (χ0v) is 23.1. The molecule has 7 nitrogen and oxygen atoms in total. The smallest absolute Gasteiger partial charge is 0.407 e. The molecule has 4 aromatic rings. The number of hydrogen-bond donors (Lipinski definition) is 2. The summed E-state index contributed by atoms with van der Waals surface area (Å²) in [5.74, 6) is -0.556. The lowest BCUT2D eigenvalue weighted by Crippen LogP contribution is -2.43. The number of benzene rings is 3. The van der Waals surface area contributed by atoms with Crippen LogP contribution in [0.2, 0.25) is 0 Å². The molecular formula is C32H33N3O4S. The SMILES string of the molecule is O=C(NCCCCC(NC(=O)C1CCCc2ccccc21)C(=O)c1nc2ccccc2s1)OCc1ccccc1. The van der Waals surface area contributed by atoms with Gasteiger partial charge in [0.1, 0.15) is 6.61 Å². The summed E-state index contributed by atoms with van der Waals surface area (Å²) in [6, 6.07) is 24.5. The molecule has 8 heteroatoms. The Balaban J connectivity index is 1.19. The molecule has 0 aliphatic heterocycles. The number of carbonyl (C=O) groups is 3. The van der Waals surface area contributed by atoms with Gasteiger partial charge < -0.3 is 15.4 Å². The van der Waals surface area contributed by atoms with Crippen molar-refractivity contribution in [3.63, 3.8) is 0 Å². The molecule has 3 aromatic carbocycles. The number of alkyl carbamates (subject to hydrolysis) is 1. The number of ketones is 1. The number of nitrogens with zero attached hydrogens (tertiary/aromatic N) is 1. The first-order valence-corrected chi connectivity index (χ1v) is 14.6. The highest BCUT2D eigenvalue weighted by Crippen LogP contribution is 2.32. The molecule has 2 unspecified atom stereocenters. The number of unbranched alkanes of at least 4 members (excludes halogenated alkanes) is 1. The molecule has 0 radical (unpaired) electrons. The lowest BCUT2D eigenvalue weighted by atomic mass is 9.82. The minimum Gasteiger partial charge on any atom is -0.445 e. The molecule has 1 aliphatic rings. The molecule has 0 saturated heterocycles. The Morgan fingerprint density at radius 1 is 0.950 bits per heavy atom. The van der Waals surface area contributed by atoms with Crippen molar-refractivity contribution >= 4 is 39.3 Å². The fraction of sp³-hybridized carbons (Fsp3) is 0.312. The summed E-state index contributed by atoms with van der Waals surface area (Å²) < 4.78 is 6.20. The van der Waals surface area contributed by atoms with Gasteiger partial charge in [0.25, 0.3) is 0 Å². The average molecular weight is 556 g/mol. The minimum absolute atomic E-state index is 0.116. The first kappa shape index (κ1) is 27.5. The molecule has 0 fully saturated rings. The second-order valence-electron chi connectivity index (χ2n) is 10.0. The van der Waals surface area contributed by atoms with E-state index in [1.807, 2.05) is 72.8 Å². The number of para-hydroxylation sites is 1. The van der Waals surface area contributed by atoms with Gasteiger partial charge >= 0.3 is 6.09 Å². The van der Waals surface area contributed by atoms with Crippen LogP contribution in [-0.4, -0.2) is 35.4 Å². The van der Waals surface area contributed by atoms with E-state index in [4.69, 9.17) is 4.74 Å². The van der Waals surface area contributed by atoms with Crippen LogP contribution < -0.4 is 10.6 Å². The van der Waals surface area contributed by atoms with Gasteiger partial charge in [0.05, 0.1) is 22.2 Å². The molecular weight excluding hydrogens is 522 g/mol. The lowest BCUT2D eigenvalue weighted by Gasteiger charge is -2.26. The predicted octanol–water partition coefficient (Wildman–Crippen LogP) is 6.18. The van der Waals surface area contributed by atoms with Gasteiger partial charge in [-0.1, -0.05) is 66.7 Å². The first-order chi connectivity index (χ1) is 19.6. The highest BCUT2D eigenvalue weighted by molar-refractivity contribution is 7.20. The van der Waals surface area contributed by atoms with Gasteiger partial charge in [0.2, 0.25) is 11.7 Å². The largest absolute Gasteiger partial charge is 0.445 e. The number of aromatic nitrogens is 1. The summed E-state index contributed by atoms with van der Waals surface area (Å²) >= 11 is 1.35. The van der Waals surface area contributed by atoms with Crippen LogP contribution >= 0.6 is 11.3 Å². The molecule has 1 aliphatic carbocycles. The number of fused-ring (bicyclic) bond motifs is 2. The number of aryl methyl sites for hydroxylation is 1. The third-order valence-corrected chi connectivity index (χ3v) is 8.28. The molecule has 5 rings (SSSR count). The van der Waals surface area contributed by atoms with E-state index >= 15 is 0 Å². The lowest BCUT2D eigenvalue weighted by molar-refractivity contribution is -0.123. The van der Waals surface area contributed by atoms with Crippen LogP contribution in [0, 0.1) is 0 Å². The quantitative estimate of drug-likeness (QED) is 0.170. The van der Waals surface area contributed by atoms with E-state index in [1.54, 1.807) is 0 Å². The maximum Gasteiger partial charge on any atom is 0.407 e. The Hall–Kier alpha value is -4.04. The van der Waals surface area contributed by atoms with Crippen LogP contribution in [0.4, 0.5) is 4.79 Å². The van der Waals surface area contributed by atoms with E-state index in [-0.39, 0.29) is 24.2 Å². The second kappa shape index (κ2) is 13.3. The zero-order valence-electron chi connectivity index (χ0n) is 22.3. The first-order valence-electron chi connectivity index (χ1n) is 13.8. The van der Waals surface area contributed by atoms with Crippen LogP contribution in [0.15, 0.2) is 78.9 Å². The van der Waals surface area contributed by atoms with E-state index in [2.05, 4.69) is 21.7 Å². The topological polar surface area (TPSA) is 97.4 Å². The van der Waals surface area contributed by atoms with Crippen LogP contribution in [0.5, 0.6) is 0 Å². The summed E-state index contributed by atoms with van der Waals surface area (Å²) in [5.41, 5.74) is 3.95. The van der Waals surface area contributed by atoms with Crippen LogP contribution in [-0.2, 0) is 22.6 Å². The molecule has 2 N–H and O–H groups in total. The van der Waals surface area contributed by atoms with Crippen LogP contribution in [0.25, 0.3) is 10.2 Å². The molecule has 1 heterocycles. The Bertz CT molecular complexity index is 1440. The normalized spacial score (nSPS) is 15.2. The number of rotatable bonds is 11. The monoisotopic (exact) mass is 555 g/mol. The number of thiazole rings is 1. The molecule has 2 atom stereocenters. The van der Waals surface area contributed by atoms with Gasteiger partial charge in [0, 0.05) is 6.54 Å². The van der Waals surface area contributed by atoms with E-state index in [1.165, 1.54) is 16.9 Å². The Morgan fingerprint density at radius 2 is 1.73 bits per heavy atom. The van der Waals surface area contributed by atoms with Crippen LogP contribution in [0.3, 0.4) is 0 Å². The fourth-order valence-corrected chi connectivity index (χ4v) is 6.09. The van der Waals surface area contributed by atoms with E-state index in [0.29, 0.717) is 30.8 Å². The van der Waals surface area contributed by atoms with Gasteiger partial charge in [-0.05, 0) is 67.3 Å². The molecule has 0 spiro atoms. The molecule has 0 bridgehead atoms. The Labute approximate surface area is 238 Å². The number of ether oxygens (including phenoxy) is 1. The third kappa shape index (κ3) is 6.93. The number of hydrogen-bond acceptors (Lipinski definition) is 6. The number of nitrogens with one attached hydrogen (secondary N) is 2. The van der Waals surface area contributed by atoms with Crippen LogP contribution in [0.1, 0.15) is 64.5 Å².